The fraction of sp³-hybridized carbons (Fsp3) is 0.190. The van der Waals surface area contributed by atoms with E-state index in [-0.39, 0.29) is 11.4 Å². The maximum absolute atomic E-state index is 12.3. The van der Waals surface area contributed by atoms with E-state index in [0.29, 0.717) is 30.2 Å². The van der Waals surface area contributed by atoms with Gasteiger partial charge in [-0.25, -0.2) is 5.43 Å². The Morgan fingerprint density at radius 1 is 1.17 bits per heavy atom. The molecule has 0 aliphatic carbocycles. The van der Waals surface area contributed by atoms with Crippen LogP contribution >= 0.6 is 0 Å². The standard InChI is InChI=1S/C21H22N4O4/c1-3-28-16-9-5-7-14(11-16)17-12-18(24-23-17)21(27)25-22-13-15-8-6-10-19(20(15)26)29-4-2/h5-13,26H,3-4H2,1-2H3,(H,23,24)(H,25,27)/b22-13-. The molecule has 3 aromatic rings. The number of phenols is 1. The molecule has 0 fully saturated rings. The minimum Gasteiger partial charge on any atom is -0.504 e. The highest BCUT2D eigenvalue weighted by Crippen LogP contribution is 2.28. The molecule has 0 spiro atoms. The number of hydrazone groups is 1. The number of phenolic OH excluding ortho intramolecular Hbond substituents is 1. The minimum absolute atomic E-state index is 0.0367. The lowest BCUT2D eigenvalue weighted by atomic mass is 10.1. The highest BCUT2D eigenvalue weighted by Gasteiger charge is 2.11. The number of nitrogens with zero attached hydrogens (tertiary/aromatic N) is 2. The van der Waals surface area contributed by atoms with Crippen molar-refractivity contribution in [3.63, 3.8) is 0 Å². The lowest BCUT2D eigenvalue weighted by Crippen LogP contribution is -2.18. The molecule has 1 aromatic heterocycles. The zero-order valence-electron chi connectivity index (χ0n) is 16.2. The third-order valence-electron chi connectivity index (χ3n) is 3.96. The van der Waals surface area contributed by atoms with Gasteiger partial charge in [0.25, 0.3) is 5.91 Å². The third-order valence-corrected chi connectivity index (χ3v) is 3.96. The summed E-state index contributed by atoms with van der Waals surface area (Å²) in [6.45, 7) is 4.74. The second-order valence-corrected chi connectivity index (χ2v) is 5.95. The van der Waals surface area contributed by atoms with Crippen LogP contribution in [0.5, 0.6) is 17.2 Å². The Balaban J connectivity index is 1.67. The van der Waals surface area contributed by atoms with E-state index in [4.69, 9.17) is 9.47 Å². The van der Waals surface area contributed by atoms with Gasteiger partial charge in [0.15, 0.2) is 11.5 Å². The van der Waals surface area contributed by atoms with Gasteiger partial charge in [-0.05, 0) is 44.2 Å². The average molecular weight is 394 g/mol. The number of nitrogens with one attached hydrogen (secondary N) is 2. The first-order chi connectivity index (χ1) is 14.1. The van der Waals surface area contributed by atoms with Crippen molar-refractivity contribution in [1.29, 1.82) is 0 Å². The number of H-pyrrole nitrogens is 1. The average Bonchev–Trinajstić information content (AvgIpc) is 3.22. The van der Waals surface area contributed by atoms with Crippen LogP contribution in [0.25, 0.3) is 11.3 Å². The summed E-state index contributed by atoms with van der Waals surface area (Å²) < 4.78 is 10.8. The summed E-state index contributed by atoms with van der Waals surface area (Å²) in [5.74, 6) is 0.597. The van der Waals surface area contributed by atoms with E-state index < -0.39 is 5.91 Å². The second kappa shape index (κ2) is 9.41. The first-order valence-electron chi connectivity index (χ1n) is 9.19. The molecule has 0 bridgehead atoms. The molecule has 3 N–H and O–H groups in total. The third kappa shape index (κ3) is 4.92. The van der Waals surface area contributed by atoms with Crippen LogP contribution < -0.4 is 14.9 Å². The van der Waals surface area contributed by atoms with Crippen molar-refractivity contribution in [2.45, 2.75) is 13.8 Å². The van der Waals surface area contributed by atoms with E-state index in [1.165, 1.54) is 6.21 Å². The minimum atomic E-state index is -0.457. The maximum atomic E-state index is 12.3. The zero-order chi connectivity index (χ0) is 20.6. The summed E-state index contributed by atoms with van der Waals surface area (Å²) in [6, 6.07) is 14.1. The number of rotatable bonds is 8. The Kier molecular flexibility index (Phi) is 6.47. The van der Waals surface area contributed by atoms with Crippen molar-refractivity contribution in [3.8, 4) is 28.5 Å². The predicted molar refractivity (Wildman–Crippen MR) is 110 cm³/mol. The lowest BCUT2D eigenvalue weighted by molar-refractivity contribution is 0.0950. The predicted octanol–water partition coefficient (Wildman–Crippen LogP) is 3.34. The Bertz CT molecular complexity index is 1010. The van der Waals surface area contributed by atoms with Crippen LogP contribution in [0, 0.1) is 0 Å². The number of hydrogen-bond acceptors (Lipinski definition) is 6. The molecule has 0 unspecified atom stereocenters. The van der Waals surface area contributed by atoms with Crippen LogP contribution in [0.15, 0.2) is 53.6 Å². The summed E-state index contributed by atoms with van der Waals surface area (Å²) >= 11 is 0. The number of aromatic nitrogens is 2. The van der Waals surface area contributed by atoms with E-state index in [1.54, 1.807) is 24.3 Å². The van der Waals surface area contributed by atoms with Crippen molar-refractivity contribution >= 4 is 12.1 Å². The number of amides is 1. The summed E-state index contributed by atoms with van der Waals surface area (Å²) in [6.07, 6.45) is 1.35. The molecule has 3 rings (SSSR count). The molecule has 2 aromatic carbocycles. The monoisotopic (exact) mass is 394 g/mol. The molecule has 0 saturated heterocycles. The maximum Gasteiger partial charge on any atom is 0.289 e. The van der Waals surface area contributed by atoms with Crippen LogP contribution in [0.3, 0.4) is 0 Å². The van der Waals surface area contributed by atoms with Gasteiger partial charge in [-0.3, -0.25) is 9.89 Å². The molecule has 1 amide bonds. The normalized spacial score (nSPS) is 10.8. The molecular weight excluding hydrogens is 372 g/mol. The molecule has 0 aliphatic heterocycles. The van der Waals surface area contributed by atoms with Gasteiger partial charge in [-0.2, -0.15) is 10.2 Å². The number of hydrogen-bond donors (Lipinski definition) is 3. The van der Waals surface area contributed by atoms with Crippen molar-refractivity contribution < 1.29 is 19.4 Å². The van der Waals surface area contributed by atoms with Crippen molar-refractivity contribution in [3.05, 3.63) is 59.8 Å². The number of benzene rings is 2. The van der Waals surface area contributed by atoms with Gasteiger partial charge >= 0.3 is 0 Å². The second-order valence-electron chi connectivity index (χ2n) is 5.95. The van der Waals surface area contributed by atoms with Gasteiger partial charge in [0.1, 0.15) is 11.4 Å². The summed E-state index contributed by atoms with van der Waals surface area (Å²) in [5, 5.41) is 20.9. The van der Waals surface area contributed by atoms with Gasteiger partial charge in [0, 0.05) is 11.1 Å². The highest BCUT2D eigenvalue weighted by atomic mass is 16.5. The molecular formula is C21H22N4O4. The number of aromatic hydroxyl groups is 1. The summed E-state index contributed by atoms with van der Waals surface area (Å²) in [7, 11) is 0. The topological polar surface area (TPSA) is 109 Å². The van der Waals surface area contributed by atoms with E-state index in [2.05, 4.69) is 20.7 Å². The molecule has 1 heterocycles. The number of carbonyl (C=O) groups excluding carboxylic acids is 1. The Hall–Kier alpha value is -3.81. The Labute approximate surface area is 168 Å². The van der Waals surface area contributed by atoms with Gasteiger partial charge < -0.3 is 14.6 Å². The van der Waals surface area contributed by atoms with Gasteiger partial charge in [0.2, 0.25) is 0 Å². The number of para-hydroxylation sites is 1. The van der Waals surface area contributed by atoms with Crippen LogP contribution in [0.4, 0.5) is 0 Å². The molecule has 0 atom stereocenters. The smallest absolute Gasteiger partial charge is 0.289 e. The quantitative estimate of drug-likeness (QED) is 0.401. The summed E-state index contributed by atoms with van der Waals surface area (Å²) in [4.78, 5) is 12.3. The first kappa shape index (κ1) is 19.9. The van der Waals surface area contributed by atoms with Gasteiger partial charge in [-0.1, -0.05) is 18.2 Å². The number of aromatic amines is 1. The summed E-state index contributed by atoms with van der Waals surface area (Å²) in [5.41, 5.74) is 4.53. The molecule has 29 heavy (non-hydrogen) atoms. The number of ether oxygens (including phenoxy) is 2. The van der Waals surface area contributed by atoms with Crippen molar-refractivity contribution in [2.24, 2.45) is 5.10 Å². The largest absolute Gasteiger partial charge is 0.504 e. The fourth-order valence-electron chi connectivity index (χ4n) is 2.63. The van der Waals surface area contributed by atoms with Gasteiger partial charge in [0.05, 0.1) is 25.1 Å². The van der Waals surface area contributed by atoms with Crippen LogP contribution in [0.1, 0.15) is 29.9 Å². The van der Waals surface area contributed by atoms with E-state index in [0.717, 1.165) is 11.3 Å². The van der Waals surface area contributed by atoms with E-state index >= 15 is 0 Å². The molecule has 0 radical (unpaired) electrons. The highest BCUT2D eigenvalue weighted by molar-refractivity contribution is 5.94. The lowest BCUT2D eigenvalue weighted by Gasteiger charge is -2.07. The van der Waals surface area contributed by atoms with Crippen LogP contribution in [0.2, 0.25) is 0 Å². The molecule has 8 heteroatoms. The zero-order valence-corrected chi connectivity index (χ0v) is 16.2. The van der Waals surface area contributed by atoms with Crippen molar-refractivity contribution in [2.75, 3.05) is 13.2 Å². The van der Waals surface area contributed by atoms with Crippen LogP contribution in [-0.2, 0) is 0 Å². The molecule has 150 valence electrons. The SMILES string of the molecule is CCOc1cccc(-c2cc(C(=O)N/N=C\c3cccc(OCC)c3O)[nH]n2)c1. The van der Waals surface area contributed by atoms with E-state index in [9.17, 15) is 9.90 Å². The molecule has 0 aliphatic rings. The Morgan fingerprint density at radius 2 is 1.97 bits per heavy atom. The fourth-order valence-corrected chi connectivity index (χ4v) is 2.63. The number of carbonyl (C=O) groups is 1. The van der Waals surface area contributed by atoms with Crippen molar-refractivity contribution in [1.82, 2.24) is 15.6 Å². The van der Waals surface area contributed by atoms with Gasteiger partial charge in [-0.15, -0.1) is 0 Å². The molecule has 8 nitrogen and oxygen atoms in total. The van der Waals surface area contributed by atoms with Crippen LogP contribution in [-0.4, -0.2) is 40.6 Å². The Morgan fingerprint density at radius 3 is 2.76 bits per heavy atom. The first-order valence-corrected chi connectivity index (χ1v) is 9.19. The van der Waals surface area contributed by atoms with E-state index in [1.807, 2.05) is 38.1 Å². The molecule has 0 saturated carbocycles.